The summed E-state index contributed by atoms with van der Waals surface area (Å²) in [6, 6.07) is 0. The van der Waals surface area contributed by atoms with E-state index in [0.29, 0.717) is 6.10 Å². The molecule has 1 aliphatic carbocycles. The third kappa shape index (κ3) is 3.16. The number of rotatable bonds is 4. The van der Waals surface area contributed by atoms with Gasteiger partial charge >= 0.3 is 0 Å². The molecular formula is C10H19NO. The van der Waals surface area contributed by atoms with Crippen LogP contribution in [0.4, 0.5) is 0 Å². The van der Waals surface area contributed by atoms with E-state index in [-0.39, 0.29) is 0 Å². The fraction of sp³-hybridized carbons (Fsp3) is 0.800. The molecule has 0 unspecified atom stereocenters. The second-order valence-corrected chi connectivity index (χ2v) is 3.33. The summed E-state index contributed by atoms with van der Waals surface area (Å²) >= 11 is 0. The van der Waals surface area contributed by atoms with Crippen LogP contribution in [0.5, 0.6) is 0 Å². The van der Waals surface area contributed by atoms with Crippen LogP contribution in [0, 0.1) is 0 Å². The van der Waals surface area contributed by atoms with E-state index >= 15 is 0 Å². The molecule has 0 aromatic heterocycles. The first-order chi connectivity index (χ1) is 5.83. The normalized spacial score (nSPS) is 18.8. The van der Waals surface area contributed by atoms with Gasteiger partial charge in [-0.2, -0.15) is 0 Å². The van der Waals surface area contributed by atoms with Crippen LogP contribution >= 0.6 is 0 Å². The van der Waals surface area contributed by atoms with Crippen LogP contribution in [-0.4, -0.2) is 12.6 Å². The Morgan fingerprint density at radius 3 is 2.67 bits per heavy atom. The van der Waals surface area contributed by atoms with E-state index < -0.39 is 0 Å². The number of nitrogens with one attached hydrogen (secondary N) is 1. The van der Waals surface area contributed by atoms with Gasteiger partial charge in [0, 0.05) is 6.54 Å². The lowest BCUT2D eigenvalue weighted by molar-refractivity contribution is 0.0721. The van der Waals surface area contributed by atoms with E-state index in [1.54, 1.807) is 0 Å². The Kier molecular flexibility index (Phi) is 3.98. The van der Waals surface area contributed by atoms with Crippen molar-refractivity contribution in [1.29, 1.82) is 0 Å². The van der Waals surface area contributed by atoms with Gasteiger partial charge in [-0.15, -0.1) is 0 Å². The molecule has 1 saturated carbocycles. The molecule has 1 rings (SSSR count). The molecular weight excluding hydrogens is 150 g/mol. The third-order valence-electron chi connectivity index (χ3n) is 2.24. The van der Waals surface area contributed by atoms with Crippen LogP contribution < -0.4 is 5.32 Å². The number of ether oxygens (including phenoxy) is 1. The summed E-state index contributed by atoms with van der Waals surface area (Å²) < 4.78 is 5.63. The quantitative estimate of drug-likeness (QED) is 0.652. The zero-order valence-electron chi connectivity index (χ0n) is 7.94. The van der Waals surface area contributed by atoms with Gasteiger partial charge in [-0.1, -0.05) is 6.42 Å². The molecule has 1 fully saturated rings. The number of hydrogen-bond donors (Lipinski definition) is 1. The molecule has 0 aromatic rings. The van der Waals surface area contributed by atoms with Gasteiger partial charge in [0.1, 0.15) is 6.10 Å². The molecule has 0 aliphatic heterocycles. The average molecular weight is 169 g/mol. The van der Waals surface area contributed by atoms with E-state index in [9.17, 15) is 0 Å². The second-order valence-electron chi connectivity index (χ2n) is 3.33. The molecule has 0 saturated heterocycles. The van der Waals surface area contributed by atoms with E-state index in [0.717, 1.165) is 12.4 Å². The van der Waals surface area contributed by atoms with Crippen molar-refractivity contribution in [2.75, 3.05) is 6.54 Å². The van der Waals surface area contributed by atoms with Crippen molar-refractivity contribution in [2.24, 2.45) is 0 Å². The van der Waals surface area contributed by atoms with E-state index in [1.165, 1.54) is 32.1 Å². The molecule has 0 heterocycles. The molecule has 0 spiro atoms. The van der Waals surface area contributed by atoms with Gasteiger partial charge < -0.3 is 10.1 Å². The van der Waals surface area contributed by atoms with Crippen LogP contribution in [0.3, 0.4) is 0 Å². The van der Waals surface area contributed by atoms with Crippen molar-refractivity contribution in [3.63, 3.8) is 0 Å². The summed E-state index contributed by atoms with van der Waals surface area (Å²) in [6.07, 6.45) is 6.81. The Hall–Kier alpha value is -0.660. The minimum atomic E-state index is 0.422. The maximum absolute atomic E-state index is 5.63. The summed E-state index contributed by atoms with van der Waals surface area (Å²) in [5.41, 5.74) is 0. The Morgan fingerprint density at radius 1 is 1.42 bits per heavy atom. The zero-order chi connectivity index (χ0) is 8.81. The molecule has 0 amide bonds. The maximum Gasteiger partial charge on any atom is 0.179 e. The minimum absolute atomic E-state index is 0.422. The standard InChI is InChI=1S/C10H19NO/c1-3-11-9(2)12-10-7-5-4-6-8-10/h10-11H,2-8H2,1H3. The summed E-state index contributed by atoms with van der Waals surface area (Å²) in [5.74, 6) is 0.740. The molecule has 2 heteroatoms. The van der Waals surface area contributed by atoms with Crippen molar-refractivity contribution in [2.45, 2.75) is 45.1 Å². The van der Waals surface area contributed by atoms with Crippen LogP contribution in [0.1, 0.15) is 39.0 Å². The molecule has 0 bridgehead atoms. The van der Waals surface area contributed by atoms with Gasteiger partial charge in [-0.3, -0.25) is 0 Å². The van der Waals surface area contributed by atoms with Crippen molar-refractivity contribution < 1.29 is 4.74 Å². The molecule has 1 aliphatic rings. The molecule has 0 aromatic carbocycles. The Balaban J connectivity index is 2.15. The monoisotopic (exact) mass is 169 g/mol. The van der Waals surface area contributed by atoms with Gasteiger partial charge in [0.2, 0.25) is 0 Å². The lowest BCUT2D eigenvalue weighted by Gasteiger charge is -2.24. The van der Waals surface area contributed by atoms with E-state index in [1.807, 2.05) is 0 Å². The minimum Gasteiger partial charge on any atom is -0.476 e. The van der Waals surface area contributed by atoms with Gasteiger partial charge in [0.05, 0.1) is 0 Å². The summed E-state index contributed by atoms with van der Waals surface area (Å²) in [5, 5.41) is 3.08. The lowest BCUT2D eigenvalue weighted by Crippen LogP contribution is -2.22. The molecule has 1 N–H and O–H groups in total. The second kappa shape index (κ2) is 5.07. The molecule has 12 heavy (non-hydrogen) atoms. The highest BCUT2D eigenvalue weighted by molar-refractivity contribution is 4.81. The van der Waals surface area contributed by atoms with Crippen LogP contribution in [0.15, 0.2) is 12.5 Å². The van der Waals surface area contributed by atoms with Crippen LogP contribution in [-0.2, 0) is 4.74 Å². The first-order valence-electron chi connectivity index (χ1n) is 4.92. The summed E-state index contributed by atoms with van der Waals surface area (Å²) in [7, 11) is 0. The van der Waals surface area contributed by atoms with Crippen LogP contribution in [0.25, 0.3) is 0 Å². The largest absolute Gasteiger partial charge is 0.476 e. The third-order valence-corrected chi connectivity index (χ3v) is 2.24. The fourth-order valence-corrected chi connectivity index (χ4v) is 1.62. The smallest absolute Gasteiger partial charge is 0.179 e. The Labute approximate surface area is 75.0 Å². The predicted molar refractivity (Wildman–Crippen MR) is 50.8 cm³/mol. The predicted octanol–water partition coefficient (Wildman–Crippen LogP) is 2.42. The van der Waals surface area contributed by atoms with E-state index in [4.69, 9.17) is 4.74 Å². The molecule has 0 atom stereocenters. The van der Waals surface area contributed by atoms with Crippen LogP contribution in [0.2, 0.25) is 0 Å². The Bertz CT molecular complexity index is 139. The molecule has 0 radical (unpaired) electrons. The first-order valence-corrected chi connectivity index (χ1v) is 4.92. The zero-order valence-corrected chi connectivity index (χ0v) is 7.94. The maximum atomic E-state index is 5.63. The van der Waals surface area contributed by atoms with Crippen molar-refractivity contribution in [1.82, 2.24) is 5.32 Å². The molecule has 2 nitrogen and oxygen atoms in total. The highest BCUT2D eigenvalue weighted by Gasteiger charge is 2.14. The number of hydrogen-bond acceptors (Lipinski definition) is 2. The topological polar surface area (TPSA) is 21.3 Å². The van der Waals surface area contributed by atoms with Crippen molar-refractivity contribution in [3.05, 3.63) is 12.5 Å². The van der Waals surface area contributed by atoms with E-state index in [2.05, 4.69) is 18.8 Å². The van der Waals surface area contributed by atoms with Gasteiger partial charge in [-0.25, -0.2) is 0 Å². The lowest BCUT2D eigenvalue weighted by atomic mass is 9.98. The fourth-order valence-electron chi connectivity index (χ4n) is 1.62. The SMILES string of the molecule is C=C(NCC)OC1CCCCC1. The van der Waals surface area contributed by atoms with Gasteiger partial charge in [0.15, 0.2) is 5.88 Å². The van der Waals surface area contributed by atoms with Crippen molar-refractivity contribution in [3.8, 4) is 0 Å². The Morgan fingerprint density at radius 2 is 2.08 bits per heavy atom. The van der Waals surface area contributed by atoms with Gasteiger partial charge in [0.25, 0.3) is 0 Å². The first kappa shape index (κ1) is 9.43. The van der Waals surface area contributed by atoms with Crippen molar-refractivity contribution >= 4 is 0 Å². The van der Waals surface area contributed by atoms with Gasteiger partial charge in [-0.05, 0) is 39.2 Å². The average Bonchev–Trinajstić information content (AvgIpc) is 2.06. The highest BCUT2D eigenvalue weighted by Crippen LogP contribution is 2.21. The summed E-state index contributed by atoms with van der Waals surface area (Å²) in [4.78, 5) is 0. The molecule has 70 valence electrons. The summed E-state index contributed by atoms with van der Waals surface area (Å²) in [6.45, 7) is 6.75. The highest BCUT2D eigenvalue weighted by atomic mass is 16.5.